The van der Waals surface area contributed by atoms with Crippen molar-refractivity contribution in [3.05, 3.63) is 88.4 Å². The van der Waals surface area contributed by atoms with Crippen molar-refractivity contribution in [3.8, 4) is 22.8 Å². The molecule has 0 unspecified atom stereocenters. The Kier molecular flexibility index (Phi) is 5.95. The Morgan fingerprint density at radius 3 is 2.61 bits per heavy atom. The average molecular weight is 476 g/mol. The zero-order chi connectivity index (χ0) is 21.8. The number of hydrogen-bond donors (Lipinski definition) is 2. The number of pyridine rings is 1. The van der Waals surface area contributed by atoms with Gasteiger partial charge in [-0.1, -0.05) is 64.5 Å². The summed E-state index contributed by atoms with van der Waals surface area (Å²) < 4.78 is 5.84. The van der Waals surface area contributed by atoms with Crippen LogP contribution in [0.1, 0.15) is 15.9 Å². The number of fused-ring (bicyclic) bond motifs is 1. The Balaban J connectivity index is 1.67. The number of nitrogens with one attached hydrogen (secondary N) is 1. The molecule has 3 aromatic carbocycles. The van der Waals surface area contributed by atoms with Gasteiger partial charge in [-0.2, -0.15) is 5.10 Å². The first kappa shape index (κ1) is 20.6. The highest BCUT2D eigenvalue weighted by Crippen LogP contribution is 2.32. The molecule has 4 aromatic rings. The highest BCUT2D eigenvalue weighted by atomic mass is 79.9. The van der Waals surface area contributed by atoms with E-state index in [0.29, 0.717) is 32.6 Å². The van der Waals surface area contributed by atoms with Crippen LogP contribution >= 0.6 is 15.9 Å². The molecule has 0 radical (unpaired) electrons. The van der Waals surface area contributed by atoms with Crippen molar-refractivity contribution in [2.24, 2.45) is 5.10 Å². The number of aromatic nitrogens is 1. The van der Waals surface area contributed by atoms with Crippen LogP contribution in [0.5, 0.6) is 11.5 Å². The molecule has 0 aliphatic rings. The van der Waals surface area contributed by atoms with Crippen LogP contribution in [0.4, 0.5) is 0 Å². The van der Waals surface area contributed by atoms with Gasteiger partial charge in [-0.15, -0.1) is 0 Å². The fraction of sp³-hybridized carbons (Fsp3) is 0.0417. The highest BCUT2D eigenvalue weighted by Gasteiger charge is 2.14. The van der Waals surface area contributed by atoms with Crippen molar-refractivity contribution in [1.82, 2.24) is 10.4 Å². The molecule has 31 heavy (non-hydrogen) atoms. The second kappa shape index (κ2) is 8.97. The molecule has 0 aliphatic carbocycles. The van der Waals surface area contributed by atoms with E-state index < -0.39 is 0 Å². The number of ether oxygens (including phenoxy) is 1. The Hall–Kier alpha value is -3.71. The van der Waals surface area contributed by atoms with Gasteiger partial charge in [0.1, 0.15) is 0 Å². The van der Waals surface area contributed by atoms with Crippen LogP contribution in [0.15, 0.2) is 82.4 Å². The number of hydrogen-bond acceptors (Lipinski definition) is 5. The first-order valence-electron chi connectivity index (χ1n) is 9.42. The molecule has 1 heterocycles. The topological polar surface area (TPSA) is 83.8 Å². The lowest BCUT2D eigenvalue weighted by atomic mass is 10.0. The molecule has 1 amide bonds. The first-order chi connectivity index (χ1) is 15.1. The van der Waals surface area contributed by atoms with E-state index in [1.54, 1.807) is 18.2 Å². The third-order valence-electron chi connectivity index (χ3n) is 4.69. The quantitative estimate of drug-likeness (QED) is 0.309. The third-order valence-corrected chi connectivity index (χ3v) is 5.15. The maximum absolute atomic E-state index is 13.0. The minimum absolute atomic E-state index is 0.0653. The molecule has 154 valence electrons. The molecule has 4 rings (SSSR count). The van der Waals surface area contributed by atoms with Crippen LogP contribution in [-0.4, -0.2) is 29.3 Å². The summed E-state index contributed by atoms with van der Waals surface area (Å²) in [5, 5.41) is 15.0. The zero-order valence-electron chi connectivity index (χ0n) is 16.5. The number of aromatic hydroxyl groups is 1. The van der Waals surface area contributed by atoms with Crippen molar-refractivity contribution < 1.29 is 14.6 Å². The molecule has 0 spiro atoms. The number of benzene rings is 3. The molecule has 2 N–H and O–H groups in total. The normalized spacial score (nSPS) is 11.0. The lowest BCUT2D eigenvalue weighted by Crippen LogP contribution is -2.18. The van der Waals surface area contributed by atoms with E-state index in [9.17, 15) is 9.90 Å². The van der Waals surface area contributed by atoms with Crippen LogP contribution in [0.3, 0.4) is 0 Å². The number of amides is 1. The number of methoxy groups -OCH3 is 1. The van der Waals surface area contributed by atoms with E-state index in [0.717, 1.165) is 10.9 Å². The van der Waals surface area contributed by atoms with Gasteiger partial charge >= 0.3 is 0 Å². The lowest BCUT2D eigenvalue weighted by Gasteiger charge is -2.09. The van der Waals surface area contributed by atoms with Gasteiger partial charge < -0.3 is 9.84 Å². The Bertz CT molecular complexity index is 1290. The fourth-order valence-corrected chi connectivity index (χ4v) is 3.64. The molecule has 1 aromatic heterocycles. The fourth-order valence-electron chi connectivity index (χ4n) is 3.19. The lowest BCUT2D eigenvalue weighted by molar-refractivity contribution is 0.0956. The summed E-state index contributed by atoms with van der Waals surface area (Å²) in [7, 11) is 1.46. The molecule has 0 saturated carbocycles. The number of nitrogens with zero attached hydrogens (tertiary/aromatic N) is 2. The van der Waals surface area contributed by atoms with Crippen molar-refractivity contribution >= 4 is 39.0 Å². The van der Waals surface area contributed by atoms with Gasteiger partial charge in [-0.25, -0.2) is 10.4 Å². The number of carbonyl (C=O) groups is 1. The van der Waals surface area contributed by atoms with Gasteiger partial charge in [0.05, 0.1) is 30.1 Å². The van der Waals surface area contributed by atoms with Gasteiger partial charge in [-0.3, -0.25) is 4.79 Å². The minimum atomic E-state index is -0.381. The molecule has 0 bridgehead atoms. The number of phenolic OH excluding ortho intramolecular Hbond substituents is 1. The van der Waals surface area contributed by atoms with Gasteiger partial charge in [-0.05, 0) is 24.3 Å². The SMILES string of the molecule is COc1cc(Br)cc(/C=N\NC(=O)c2cc(-c3ccccc3)nc3ccccc23)c1O. The Morgan fingerprint density at radius 2 is 1.84 bits per heavy atom. The highest BCUT2D eigenvalue weighted by molar-refractivity contribution is 9.10. The van der Waals surface area contributed by atoms with E-state index in [-0.39, 0.29) is 11.7 Å². The monoisotopic (exact) mass is 475 g/mol. The summed E-state index contributed by atoms with van der Waals surface area (Å²) in [6.45, 7) is 0. The average Bonchev–Trinajstić information content (AvgIpc) is 2.80. The molecule has 6 nitrogen and oxygen atoms in total. The van der Waals surface area contributed by atoms with Gasteiger partial charge in [0.25, 0.3) is 5.91 Å². The number of carbonyl (C=O) groups excluding carboxylic acids is 1. The largest absolute Gasteiger partial charge is 0.504 e. The summed E-state index contributed by atoms with van der Waals surface area (Å²) in [6.07, 6.45) is 1.36. The smallest absolute Gasteiger partial charge is 0.272 e. The number of halogens is 1. The standard InChI is InChI=1S/C24H18BrN3O3/c1-31-22-12-17(25)11-16(23(22)29)14-26-28-24(30)19-13-21(15-7-3-2-4-8-15)27-20-10-6-5-9-18(19)20/h2-14,29H,1H3,(H,28,30)/b26-14-. The summed E-state index contributed by atoms with van der Waals surface area (Å²) in [6, 6.07) is 22.2. The molecule has 0 saturated heterocycles. The van der Waals surface area contributed by atoms with E-state index in [1.165, 1.54) is 13.3 Å². The van der Waals surface area contributed by atoms with Crippen LogP contribution in [0, 0.1) is 0 Å². The zero-order valence-corrected chi connectivity index (χ0v) is 18.1. The molecular formula is C24H18BrN3O3. The molecule has 0 aliphatic heterocycles. The number of rotatable bonds is 5. The van der Waals surface area contributed by atoms with Crippen molar-refractivity contribution in [2.75, 3.05) is 7.11 Å². The third kappa shape index (κ3) is 4.41. The van der Waals surface area contributed by atoms with Crippen molar-refractivity contribution in [2.45, 2.75) is 0 Å². The van der Waals surface area contributed by atoms with Crippen LogP contribution in [-0.2, 0) is 0 Å². The summed E-state index contributed by atoms with van der Waals surface area (Å²) in [5.74, 6) is -0.146. The van der Waals surface area contributed by atoms with Crippen LogP contribution < -0.4 is 10.2 Å². The number of para-hydroxylation sites is 1. The second-order valence-electron chi connectivity index (χ2n) is 6.68. The van der Waals surface area contributed by atoms with Crippen molar-refractivity contribution in [1.29, 1.82) is 0 Å². The Morgan fingerprint density at radius 1 is 1.10 bits per heavy atom. The molecule has 0 atom stereocenters. The maximum atomic E-state index is 13.0. The summed E-state index contributed by atoms with van der Waals surface area (Å²) in [4.78, 5) is 17.6. The minimum Gasteiger partial charge on any atom is -0.504 e. The van der Waals surface area contributed by atoms with E-state index in [2.05, 4.69) is 31.4 Å². The predicted molar refractivity (Wildman–Crippen MR) is 125 cm³/mol. The molecule has 0 fully saturated rings. The molecule has 7 heteroatoms. The first-order valence-corrected chi connectivity index (χ1v) is 10.2. The molecular weight excluding hydrogens is 458 g/mol. The maximum Gasteiger partial charge on any atom is 0.272 e. The van der Waals surface area contributed by atoms with Crippen LogP contribution in [0.25, 0.3) is 22.2 Å². The summed E-state index contributed by atoms with van der Waals surface area (Å²) >= 11 is 3.36. The van der Waals surface area contributed by atoms with Gasteiger partial charge in [0.15, 0.2) is 11.5 Å². The van der Waals surface area contributed by atoms with E-state index in [1.807, 2.05) is 54.6 Å². The van der Waals surface area contributed by atoms with Gasteiger partial charge in [0.2, 0.25) is 0 Å². The predicted octanol–water partition coefficient (Wildman–Crippen LogP) is 5.14. The van der Waals surface area contributed by atoms with E-state index in [4.69, 9.17) is 4.74 Å². The van der Waals surface area contributed by atoms with Gasteiger partial charge in [0, 0.05) is 21.0 Å². The van der Waals surface area contributed by atoms with E-state index >= 15 is 0 Å². The second-order valence-corrected chi connectivity index (χ2v) is 7.60. The summed E-state index contributed by atoms with van der Waals surface area (Å²) in [5.41, 5.74) is 5.72. The number of hydrazone groups is 1. The van der Waals surface area contributed by atoms with Crippen molar-refractivity contribution in [3.63, 3.8) is 0 Å². The van der Waals surface area contributed by atoms with Crippen LogP contribution in [0.2, 0.25) is 0 Å². The Labute approximate surface area is 187 Å². The number of phenols is 1.